The summed E-state index contributed by atoms with van der Waals surface area (Å²) in [5.74, 6) is 0.0532. The van der Waals surface area contributed by atoms with Crippen molar-refractivity contribution >= 4 is 39.9 Å². The number of hydrogen-bond donors (Lipinski definition) is 1. The molecule has 0 saturated heterocycles. The number of nitrogens with zero attached hydrogens (tertiary/aromatic N) is 1. The molecule has 0 bridgehead atoms. The van der Waals surface area contributed by atoms with Crippen LogP contribution in [0.25, 0.3) is 0 Å². The number of anilines is 2. The van der Waals surface area contributed by atoms with E-state index in [1.165, 1.54) is 0 Å². The molecule has 0 aromatic heterocycles. The summed E-state index contributed by atoms with van der Waals surface area (Å²) in [7, 11) is 0. The van der Waals surface area contributed by atoms with E-state index in [9.17, 15) is 4.79 Å². The van der Waals surface area contributed by atoms with Crippen LogP contribution < -0.4 is 10.6 Å². The van der Waals surface area contributed by atoms with Crippen LogP contribution in [0.2, 0.25) is 0 Å². The average Bonchev–Trinajstić information content (AvgIpc) is 2.73. The highest BCUT2D eigenvalue weighted by Gasteiger charge is 2.31. The maximum absolute atomic E-state index is 12.7. The van der Waals surface area contributed by atoms with Gasteiger partial charge < -0.3 is 10.6 Å². The van der Waals surface area contributed by atoms with Crippen molar-refractivity contribution in [3.63, 3.8) is 0 Å². The zero-order valence-electron chi connectivity index (χ0n) is 11.1. The highest BCUT2D eigenvalue weighted by Crippen LogP contribution is 2.34. The number of halogens is 1. The van der Waals surface area contributed by atoms with E-state index in [0.717, 1.165) is 32.5 Å². The Morgan fingerprint density at radius 1 is 1.25 bits per heavy atom. The number of rotatable bonds is 1. The minimum absolute atomic E-state index is 0.0532. The molecule has 0 aliphatic carbocycles. The molecule has 0 radical (unpaired) electrons. The van der Waals surface area contributed by atoms with E-state index in [-0.39, 0.29) is 11.9 Å². The van der Waals surface area contributed by atoms with Crippen molar-refractivity contribution in [1.82, 2.24) is 0 Å². The smallest absolute Gasteiger partial charge is 0.258 e. The monoisotopic (exact) mass is 378 g/mol. The summed E-state index contributed by atoms with van der Waals surface area (Å²) in [6, 6.07) is 13.6. The minimum Gasteiger partial charge on any atom is -0.399 e. The summed E-state index contributed by atoms with van der Waals surface area (Å²) in [6.45, 7) is 2.07. The van der Waals surface area contributed by atoms with Crippen LogP contribution in [0.15, 0.2) is 42.5 Å². The van der Waals surface area contributed by atoms with Crippen LogP contribution >= 0.6 is 22.6 Å². The van der Waals surface area contributed by atoms with E-state index in [0.29, 0.717) is 0 Å². The predicted octanol–water partition coefficient (Wildman–Crippen LogP) is 3.46. The van der Waals surface area contributed by atoms with Crippen LogP contribution in [0.1, 0.15) is 22.8 Å². The first-order valence-corrected chi connectivity index (χ1v) is 7.61. The molecule has 2 N–H and O–H groups in total. The number of benzene rings is 2. The van der Waals surface area contributed by atoms with Gasteiger partial charge in [0.05, 0.1) is 0 Å². The summed E-state index contributed by atoms with van der Waals surface area (Å²) >= 11 is 2.24. The first-order valence-electron chi connectivity index (χ1n) is 6.54. The maximum Gasteiger partial charge on any atom is 0.258 e. The van der Waals surface area contributed by atoms with Gasteiger partial charge in [0.2, 0.25) is 0 Å². The van der Waals surface area contributed by atoms with Gasteiger partial charge in [0.15, 0.2) is 0 Å². The Morgan fingerprint density at radius 2 is 1.95 bits per heavy atom. The van der Waals surface area contributed by atoms with Gasteiger partial charge in [-0.15, -0.1) is 0 Å². The minimum atomic E-state index is 0.0532. The van der Waals surface area contributed by atoms with Crippen molar-refractivity contribution in [3.8, 4) is 0 Å². The van der Waals surface area contributed by atoms with Crippen LogP contribution in [0.3, 0.4) is 0 Å². The van der Waals surface area contributed by atoms with E-state index in [1.54, 1.807) is 0 Å². The Labute approximate surface area is 131 Å². The molecule has 102 valence electrons. The highest BCUT2D eigenvalue weighted by molar-refractivity contribution is 14.1. The fourth-order valence-electron chi connectivity index (χ4n) is 2.69. The van der Waals surface area contributed by atoms with Gasteiger partial charge in [0.25, 0.3) is 5.91 Å². The van der Waals surface area contributed by atoms with Crippen molar-refractivity contribution in [2.75, 3.05) is 10.6 Å². The van der Waals surface area contributed by atoms with Gasteiger partial charge in [-0.25, -0.2) is 0 Å². The van der Waals surface area contributed by atoms with Crippen LogP contribution in [0.4, 0.5) is 11.4 Å². The average molecular weight is 378 g/mol. The number of nitrogens with two attached hydrogens (primary N) is 1. The lowest BCUT2D eigenvalue weighted by atomic mass is 10.1. The lowest BCUT2D eigenvalue weighted by molar-refractivity contribution is 0.0981. The Hall–Kier alpha value is -1.56. The molecule has 0 saturated carbocycles. The number of fused-ring (bicyclic) bond motifs is 1. The second kappa shape index (κ2) is 5.09. The molecule has 1 aliphatic rings. The normalized spacial score (nSPS) is 17.1. The van der Waals surface area contributed by atoms with Crippen molar-refractivity contribution in [1.29, 1.82) is 0 Å². The second-order valence-corrected chi connectivity index (χ2v) is 6.37. The van der Waals surface area contributed by atoms with Gasteiger partial charge in [-0.05, 0) is 84.0 Å². The molecule has 1 heterocycles. The van der Waals surface area contributed by atoms with Gasteiger partial charge in [-0.3, -0.25) is 4.79 Å². The summed E-state index contributed by atoms with van der Waals surface area (Å²) in [5, 5.41) is 0. The van der Waals surface area contributed by atoms with Crippen molar-refractivity contribution in [2.24, 2.45) is 0 Å². The van der Waals surface area contributed by atoms with E-state index >= 15 is 0 Å². The van der Waals surface area contributed by atoms with Crippen LogP contribution in [-0.2, 0) is 6.42 Å². The molecule has 2 aromatic carbocycles. The fourth-order valence-corrected chi connectivity index (χ4v) is 3.05. The summed E-state index contributed by atoms with van der Waals surface area (Å²) in [6.07, 6.45) is 0.858. The zero-order valence-corrected chi connectivity index (χ0v) is 13.3. The lowest BCUT2D eigenvalue weighted by Crippen LogP contribution is -2.35. The number of carbonyl (C=O) groups excluding carboxylic acids is 1. The van der Waals surface area contributed by atoms with E-state index in [1.807, 2.05) is 47.4 Å². The van der Waals surface area contributed by atoms with Crippen LogP contribution in [0, 0.1) is 3.57 Å². The third-order valence-corrected chi connectivity index (χ3v) is 4.35. The van der Waals surface area contributed by atoms with Gasteiger partial charge in [-0.1, -0.05) is 0 Å². The van der Waals surface area contributed by atoms with Crippen molar-refractivity contribution in [3.05, 3.63) is 57.2 Å². The van der Waals surface area contributed by atoms with Gasteiger partial charge in [0, 0.05) is 26.6 Å². The topological polar surface area (TPSA) is 46.3 Å². The molecule has 1 atom stereocenters. The number of carbonyl (C=O) groups is 1. The van der Waals surface area contributed by atoms with Gasteiger partial charge in [0.1, 0.15) is 0 Å². The summed E-state index contributed by atoms with van der Waals surface area (Å²) < 4.78 is 1.13. The SMILES string of the molecule is CC1Cc2cc(N)ccc2N1C(=O)c1ccc(I)cc1. The molecule has 2 aromatic rings. The first kappa shape index (κ1) is 13.4. The third kappa shape index (κ3) is 2.28. The highest BCUT2D eigenvalue weighted by atomic mass is 127. The van der Waals surface area contributed by atoms with Gasteiger partial charge >= 0.3 is 0 Å². The molecular formula is C16H15IN2O. The molecule has 20 heavy (non-hydrogen) atoms. The number of nitrogen functional groups attached to an aromatic ring is 1. The van der Waals surface area contributed by atoms with Crippen LogP contribution in [-0.4, -0.2) is 11.9 Å². The lowest BCUT2D eigenvalue weighted by Gasteiger charge is -2.23. The zero-order chi connectivity index (χ0) is 14.3. The molecule has 4 heteroatoms. The van der Waals surface area contributed by atoms with Crippen molar-refractivity contribution < 1.29 is 4.79 Å². The number of amides is 1. The standard InChI is InChI=1S/C16H15IN2O/c1-10-8-12-9-14(18)6-7-15(12)19(10)16(20)11-2-4-13(17)5-3-11/h2-7,9-10H,8,18H2,1H3. The Kier molecular flexibility index (Phi) is 3.41. The van der Waals surface area contributed by atoms with E-state index in [4.69, 9.17) is 5.73 Å². The molecule has 1 amide bonds. The molecule has 3 rings (SSSR count). The van der Waals surface area contributed by atoms with Crippen molar-refractivity contribution in [2.45, 2.75) is 19.4 Å². The molecule has 0 spiro atoms. The summed E-state index contributed by atoms with van der Waals surface area (Å²) in [5.41, 5.74) is 9.43. The van der Waals surface area contributed by atoms with Gasteiger partial charge in [-0.2, -0.15) is 0 Å². The molecule has 0 fully saturated rings. The Bertz CT molecular complexity index is 667. The molecule has 1 unspecified atom stereocenters. The first-order chi connectivity index (χ1) is 9.56. The second-order valence-electron chi connectivity index (χ2n) is 5.12. The Balaban J connectivity index is 1.98. The molecule has 3 nitrogen and oxygen atoms in total. The number of hydrogen-bond acceptors (Lipinski definition) is 2. The largest absolute Gasteiger partial charge is 0.399 e. The quantitative estimate of drug-likeness (QED) is 0.610. The third-order valence-electron chi connectivity index (χ3n) is 3.63. The predicted molar refractivity (Wildman–Crippen MR) is 90.0 cm³/mol. The van der Waals surface area contributed by atoms with E-state index < -0.39 is 0 Å². The Morgan fingerprint density at radius 3 is 2.65 bits per heavy atom. The molecular weight excluding hydrogens is 363 g/mol. The fraction of sp³-hybridized carbons (Fsp3) is 0.188. The summed E-state index contributed by atoms with van der Waals surface area (Å²) in [4.78, 5) is 14.6. The van der Waals surface area contributed by atoms with E-state index in [2.05, 4.69) is 29.5 Å². The van der Waals surface area contributed by atoms with Crippen LogP contribution in [0.5, 0.6) is 0 Å². The molecule has 1 aliphatic heterocycles. The maximum atomic E-state index is 12.7.